The molecule has 0 amide bonds. The third-order valence-electron chi connectivity index (χ3n) is 6.73. The number of alkyl halides is 3. The molecule has 154 valence electrons. The molecule has 0 nitrogen and oxygen atoms in total. The fourth-order valence-corrected chi connectivity index (χ4v) is 5.28. The summed E-state index contributed by atoms with van der Waals surface area (Å²) in [5.41, 5.74) is 0.224. The van der Waals surface area contributed by atoms with E-state index in [1.807, 2.05) is 6.07 Å². The van der Waals surface area contributed by atoms with E-state index in [1.165, 1.54) is 25.7 Å². The molecule has 4 rings (SSSR count). The highest BCUT2D eigenvalue weighted by Crippen LogP contribution is 2.47. The minimum atomic E-state index is -4.80. The van der Waals surface area contributed by atoms with E-state index in [-0.39, 0.29) is 5.39 Å². The molecule has 2 fully saturated rings. The second-order valence-corrected chi connectivity index (χ2v) is 8.72. The lowest BCUT2D eigenvalue weighted by molar-refractivity contribution is -0.0696. The van der Waals surface area contributed by atoms with Crippen molar-refractivity contribution in [1.29, 1.82) is 0 Å². The molecular weight excluding hydrogens is 383 g/mol. The van der Waals surface area contributed by atoms with Crippen molar-refractivity contribution in [2.45, 2.75) is 57.5 Å². The van der Waals surface area contributed by atoms with E-state index < -0.39 is 23.4 Å². The van der Waals surface area contributed by atoms with Crippen molar-refractivity contribution < 1.29 is 22.0 Å². The first-order valence-corrected chi connectivity index (χ1v) is 10.2. The Kier molecular flexibility index (Phi) is 5.31. The van der Waals surface area contributed by atoms with Gasteiger partial charge in [-0.25, -0.2) is 8.78 Å². The number of hydrogen-bond donors (Lipinski definition) is 0. The van der Waals surface area contributed by atoms with Crippen LogP contribution in [-0.4, -0.2) is 6.18 Å². The minimum absolute atomic E-state index is 0.0989. The van der Waals surface area contributed by atoms with Crippen molar-refractivity contribution in [2.75, 3.05) is 0 Å². The van der Waals surface area contributed by atoms with Gasteiger partial charge in [-0.2, -0.15) is 13.2 Å². The van der Waals surface area contributed by atoms with Gasteiger partial charge in [-0.3, -0.25) is 0 Å². The van der Waals surface area contributed by atoms with Crippen LogP contribution in [0, 0.1) is 41.2 Å². The second-order valence-electron chi connectivity index (χ2n) is 8.72. The molecule has 0 spiro atoms. The fourth-order valence-electron chi connectivity index (χ4n) is 5.28. The van der Waals surface area contributed by atoms with Crippen LogP contribution in [0.4, 0.5) is 22.0 Å². The molecule has 2 aromatic rings. The summed E-state index contributed by atoms with van der Waals surface area (Å²) in [7, 11) is 0. The van der Waals surface area contributed by atoms with Crippen LogP contribution >= 0.6 is 0 Å². The van der Waals surface area contributed by atoms with Gasteiger partial charge >= 0.3 is 6.18 Å². The number of fused-ring (bicyclic) bond motifs is 2. The summed E-state index contributed by atoms with van der Waals surface area (Å²) in [5.74, 6) is 3.13. The third kappa shape index (κ3) is 4.27. The molecule has 5 heteroatoms. The Hall–Kier alpha value is -2.09. The SMILES string of the molecule is CC1CCC2CC(c3ccc4c(F)c(C#CC(F)(F)F)c(F)cc4c3)CCC2C1. The van der Waals surface area contributed by atoms with E-state index in [0.717, 1.165) is 42.2 Å². The molecule has 4 unspecified atom stereocenters. The standard InChI is InChI=1S/C24H23F5/c1-14-2-3-16-11-17(5-4-15(16)10-14)18-6-7-20-19(12-18)13-22(25)21(23(20)26)8-9-24(27,28)29/h6-7,12-17H,2-5,10-11H2,1H3. The number of benzene rings is 2. The topological polar surface area (TPSA) is 0 Å². The normalized spacial score (nSPS) is 27.2. The number of rotatable bonds is 1. The van der Waals surface area contributed by atoms with Gasteiger partial charge in [0.25, 0.3) is 0 Å². The lowest BCUT2D eigenvalue weighted by Gasteiger charge is -2.41. The molecule has 0 bridgehead atoms. The van der Waals surface area contributed by atoms with Crippen molar-refractivity contribution in [1.82, 2.24) is 0 Å². The van der Waals surface area contributed by atoms with Gasteiger partial charge in [-0.05, 0) is 72.8 Å². The molecule has 0 radical (unpaired) electrons. The lowest BCUT2D eigenvalue weighted by Crippen LogP contribution is -2.29. The largest absolute Gasteiger partial charge is 0.458 e. The summed E-state index contributed by atoms with van der Waals surface area (Å²) >= 11 is 0. The molecule has 0 N–H and O–H groups in total. The predicted octanol–water partition coefficient (Wildman–Crippen LogP) is 7.35. The van der Waals surface area contributed by atoms with Crippen molar-refractivity contribution in [2.24, 2.45) is 17.8 Å². The molecule has 0 aromatic heterocycles. The maximum absolute atomic E-state index is 14.6. The van der Waals surface area contributed by atoms with Crippen LogP contribution < -0.4 is 0 Å². The summed E-state index contributed by atoms with van der Waals surface area (Å²) in [5, 5.41) is 0.469. The first-order chi connectivity index (χ1) is 13.7. The first-order valence-electron chi connectivity index (χ1n) is 10.2. The van der Waals surface area contributed by atoms with E-state index in [1.54, 1.807) is 18.1 Å². The van der Waals surface area contributed by atoms with Crippen LogP contribution in [0.2, 0.25) is 0 Å². The third-order valence-corrected chi connectivity index (χ3v) is 6.73. The molecule has 2 aliphatic carbocycles. The summed E-state index contributed by atoms with van der Waals surface area (Å²) in [6.07, 6.45) is 2.37. The lowest BCUT2D eigenvalue weighted by atomic mass is 9.64. The summed E-state index contributed by atoms with van der Waals surface area (Å²) in [6, 6.07) is 6.27. The van der Waals surface area contributed by atoms with Gasteiger partial charge in [0.15, 0.2) is 0 Å². The number of hydrogen-bond acceptors (Lipinski definition) is 0. The maximum Gasteiger partial charge on any atom is 0.458 e. The van der Waals surface area contributed by atoms with Gasteiger partial charge in [-0.1, -0.05) is 37.5 Å². The Morgan fingerprint density at radius 2 is 1.66 bits per heavy atom. The summed E-state index contributed by atoms with van der Waals surface area (Å²) < 4.78 is 65.8. The molecule has 0 saturated heterocycles. The van der Waals surface area contributed by atoms with Gasteiger partial charge in [0.05, 0.1) is 5.56 Å². The van der Waals surface area contributed by atoms with Crippen molar-refractivity contribution in [3.63, 3.8) is 0 Å². The van der Waals surface area contributed by atoms with E-state index in [4.69, 9.17) is 0 Å². The molecule has 29 heavy (non-hydrogen) atoms. The molecule has 2 saturated carbocycles. The van der Waals surface area contributed by atoms with Crippen LogP contribution in [-0.2, 0) is 0 Å². The molecule has 4 atom stereocenters. The van der Waals surface area contributed by atoms with Crippen molar-refractivity contribution in [3.05, 3.63) is 47.0 Å². The van der Waals surface area contributed by atoms with Crippen molar-refractivity contribution >= 4 is 10.8 Å². The zero-order valence-electron chi connectivity index (χ0n) is 16.3. The Bertz CT molecular complexity index is 979. The average molecular weight is 406 g/mol. The second kappa shape index (κ2) is 7.63. The maximum atomic E-state index is 14.6. The van der Waals surface area contributed by atoms with Crippen LogP contribution in [0.5, 0.6) is 0 Å². The molecule has 2 aliphatic rings. The van der Waals surface area contributed by atoms with E-state index >= 15 is 0 Å². The van der Waals surface area contributed by atoms with Gasteiger partial charge in [-0.15, -0.1) is 0 Å². The van der Waals surface area contributed by atoms with E-state index in [2.05, 4.69) is 6.92 Å². The molecule has 0 aliphatic heterocycles. The molecule has 2 aromatic carbocycles. The summed E-state index contributed by atoms with van der Waals surface area (Å²) in [6.45, 7) is 2.32. The van der Waals surface area contributed by atoms with E-state index in [0.29, 0.717) is 17.2 Å². The van der Waals surface area contributed by atoms with Gasteiger partial charge in [0.1, 0.15) is 11.6 Å². The fraction of sp³-hybridized carbons (Fsp3) is 0.500. The van der Waals surface area contributed by atoms with Crippen LogP contribution in [0.3, 0.4) is 0 Å². The Labute approximate surface area is 167 Å². The van der Waals surface area contributed by atoms with Gasteiger partial charge < -0.3 is 0 Å². The van der Waals surface area contributed by atoms with Crippen LogP contribution in [0.15, 0.2) is 24.3 Å². The quantitative estimate of drug-likeness (QED) is 0.343. The highest BCUT2D eigenvalue weighted by atomic mass is 19.4. The van der Waals surface area contributed by atoms with Crippen LogP contribution in [0.1, 0.15) is 62.5 Å². The Balaban J connectivity index is 1.62. The van der Waals surface area contributed by atoms with Gasteiger partial charge in [0.2, 0.25) is 0 Å². The molecular formula is C24H23F5. The van der Waals surface area contributed by atoms with E-state index in [9.17, 15) is 22.0 Å². The summed E-state index contributed by atoms with van der Waals surface area (Å²) in [4.78, 5) is 0. The predicted molar refractivity (Wildman–Crippen MR) is 103 cm³/mol. The van der Waals surface area contributed by atoms with Gasteiger partial charge in [0, 0.05) is 11.3 Å². The first kappa shape index (κ1) is 20.2. The highest BCUT2D eigenvalue weighted by Gasteiger charge is 2.35. The molecule has 0 heterocycles. The zero-order chi connectivity index (χ0) is 20.8. The Morgan fingerprint density at radius 1 is 0.931 bits per heavy atom. The monoisotopic (exact) mass is 406 g/mol. The Morgan fingerprint density at radius 3 is 2.41 bits per heavy atom. The minimum Gasteiger partial charge on any atom is -0.205 e. The highest BCUT2D eigenvalue weighted by molar-refractivity contribution is 5.85. The average Bonchev–Trinajstić information content (AvgIpc) is 2.66. The zero-order valence-corrected chi connectivity index (χ0v) is 16.3. The smallest absolute Gasteiger partial charge is 0.205 e. The van der Waals surface area contributed by atoms with Crippen LogP contribution in [0.25, 0.3) is 10.8 Å². The number of halogens is 5. The van der Waals surface area contributed by atoms with Crippen molar-refractivity contribution in [3.8, 4) is 11.8 Å².